The van der Waals surface area contributed by atoms with Gasteiger partial charge in [0.05, 0.1) is 12.5 Å². The largest absolute Gasteiger partial charge is 0.498 e. The van der Waals surface area contributed by atoms with Crippen LogP contribution in [0.2, 0.25) is 0 Å². The minimum atomic E-state index is 0.641. The molecule has 0 N–H and O–H groups in total. The molecule has 0 heterocycles. The minimum absolute atomic E-state index is 0.641. The van der Waals surface area contributed by atoms with Crippen molar-refractivity contribution in [1.29, 1.82) is 0 Å². The molecular formula is C20H38O2. The Kier molecular flexibility index (Phi) is 15.8. The molecule has 0 amide bonds. The molecule has 0 aliphatic carbocycles. The second-order valence-corrected chi connectivity index (χ2v) is 6.00. The molecule has 0 saturated heterocycles. The summed E-state index contributed by atoms with van der Waals surface area (Å²) in [4.78, 5) is 0. The van der Waals surface area contributed by atoms with Crippen LogP contribution < -0.4 is 0 Å². The minimum Gasteiger partial charge on any atom is -0.498 e. The van der Waals surface area contributed by atoms with Crippen molar-refractivity contribution in [3.8, 4) is 0 Å². The first-order valence-electron chi connectivity index (χ1n) is 9.37. The first-order chi connectivity index (χ1) is 10.8. The predicted octanol–water partition coefficient (Wildman–Crippen LogP) is 6.77. The number of ether oxygens (including phenoxy) is 2. The fourth-order valence-electron chi connectivity index (χ4n) is 2.39. The Hall–Kier alpha value is -0.920. The Bertz CT molecular complexity index is 274. The van der Waals surface area contributed by atoms with Crippen molar-refractivity contribution in [2.24, 2.45) is 0 Å². The van der Waals surface area contributed by atoms with Crippen molar-refractivity contribution in [2.75, 3.05) is 13.2 Å². The molecule has 0 fully saturated rings. The highest BCUT2D eigenvalue weighted by Gasteiger charge is 1.98. The highest BCUT2D eigenvalue weighted by molar-refractivity contribution is 4.98. The van der Waals surface area contributed by atoms with Gasteiger partial charge in [0.2, 0.25) is 0 Å². The Morgan fingerprint density at radius 1 is 0.591 bits per heavy atom. The summed E-state index contributed by atoms with van der Waals surface area (Å²) in [6, 6.07) is 0. The van der Waals surface area contributed by atoms with Gasteiger partial charge in [-0.1, -0.05) is 53.4 Å². The van der Waals surface area contributed by atoms with E-state index < -0.39 is 0 Å². The van der Waals surface area contributed by atoms with Gasteiger partial charge in [-0.05, 0) is 49.7 Å². The molecule has 0 aliphatic rings. The van der Waals surface area contributed by atoms with Gasteiger partial charge < -0.3 is 9.47 Å². The zero-order valence-electron chi connectivity index (χ0n) is 15.5. The summed E-state index contributed by atoms with van der Waals surface area (Å²) < 4.78 is 11.3. The Morgan fingerprint density at radius 3 is 1.36 bits per heavy atom. The van der Waals surface area contributed by atoms with Gasteiger partial charge in [0, 0.05) is 0 Å². The summed E-state index contributed by atoms with van der Waals surface area (Å²) in [6.07, 6.45) is 16.0. The summed E-state index contributed by atoms with van der Waals surface area (Å²) in [5.74, 6) is 0. The second kappa shape index (κ2) is 16.5. The van der Waals surface area contributed by atoms with E-state index in [2.05, 4.69) is 27.7 Å². The maximum atomic E-state index is 5.68. The van der Waals surface area contributed by atoms with Crippen LogP contribution in [0.25, 0.3) is 0 Å². The van der Waals surface area contributed by atoms with Crippen LogP contribution in [0.4, 0.5) is 0 Å². The third-order valence-corrected chi connectivity index (χ3v) is 3.66. The predicted molar refractivity (Wildman–Crippen MR) is 96.9 cm³/mol. The third-order valence-electron chi connectivity index (χ3n) is 3.66. The Labute approximate surface area is 139 Å². The molecule has 0 aromatic rings. The van der Waals surface area contributed by atoms with Crippen LogP contribution in [0, 0.1) is 0 Å². The smallest absolute Gasteiger partial charge is 0.121 e. The third kappa shape index (κ3) is 12.8. The molecule has 0 unspecified atom stereocenters. The van der Waals surface area contributed by atoms with Crippen molar-refractivity contribution >= 4 is 0 Å². The van der Waals surface area contributed by atoms with E-state index in [1.54, 1.807) is 0 Å². The SMILES string of the molecule is CCCCC(=COCCOC=C(CCC)CCC)CCCC. The molecule has 0 aromatic carbocycles. The zero-order chi connectivity index (χ0) is 16.5. The number of unbranched alkanes of at least 4 members (excludes halogenated alkanes) is 2. The highest BCUT2D eigenvalue weighted by Crippen LogP contribution is 2.15. The van der Waals surface area contributed by atoms with Gasteiger partial charge in [-0.3, -0.25) is 0 Å². The molecule has 0 aliphatic heterocycles. The zero-order valence-corrected chi connectivity index (χ0v) is 15.5. The average molecular weight is 311 g/mol. The Balaban J connectivity index is 3.98. The van der Waals surface area contributed by atoms with E-state index >= 15 is 0 Å². The molecule has 0 rings (SSSR count). The van der Waals surface area contributed by atoms with Gasteiger partial charge in [0.15, 0.2) is 0 Å². The summed E-state index contributed by atoms with van der Waals surface area (Å²) in [5.41, 5.74) is 2.88. The lowest BCUT2D eigenvalue weighted by Gasteiger charge is -2.09. The lowest BCUT2D eigenvalue weighted by atomic mass is 10.0. The van der Waals surface area contributed by atoms with Crippen molar-refractivity contribution in [3.05, 3.63) is 23.7 Å². The van der Waals surface area contributed by atoms with E-state index in [0.717, 1.165) is 12.8 Å². The first kappa shape index (κ1) is 21.1. The van der Waals surface area contributed by atoms with Crippen LogP contribution in [-0.2, 0) is 9.47 Å². The fourth-order valence-corrected chi connectivity index (χ4v) is 2.39. The van der Waals surface area contributed by atoms with E-state index in [1.807, 2.05) is 12.5 Å². The number of hydrogen-bond acceptors (Lipinski definition) is 2. The van der Waals surface area contributed by atoms with Crippen molar-refractivity contribution in [1.82, 2.24) is 0 Å². The lowest BCUT2D eigenvalue weighted by Crippen LogP contribution is -1.99. The fraction of sp³-hybridized carbons (Fsp3) is 0.800. The second-order valence-electron chi connectivity index (χ2n) is 6.00. The molecule has 22 heavy (non-hydrogen) atoms. The van der Waals surface area contributed by atoms with E-state index in [4.69, 9.17) is 9.47 Å². The van der Waals surface area contributed by atoms with Crippen molar-refractivity contribution in [2.45, 2.75) is 91.9 Å². The van der Waals surface area contributed by atoms with Crippen molar-refractivity contribution in [3.63, 3.8) is 0 Å². The van der Waals surface area contributed by atoms with Gasteiger partial charge in [-0.25, -0.2) is 0 Å². The summed E-state index contributed by atoms with van der Waals surface area (Å²) in [5, 5.41) is 0. The topological polar surface area (TPSA) is 18.5 Å². The van der Waals surface area contributed by atoms with Gasteiger partial charge in [0.1, 0.15) is 13.2 Å². The molecule has 0 radical (unpaired) electrons. The van der Waals surface area contributed by atoms with Crippen LogP contribution in [0.1, 0.15) is 91.9 Å². The van der Waals surface area contributed by atoms with E-state index in [0.29, 0.717) is 13.2 Å². The van der Waals surface area contributed by atoms with Gasteiger partial charge in [-0.2, -0.15) is 0 Å². The summed E-state index contributed by atoms with van der Waals surface area (Å²) in [6.45, 7) is 10.2. The van der Waals surface area contributed by atoms with Crippen molar-refractivity contribution < 1.29 is 9.47 Å². The standard InChI is InChI=1S/C20H38O2/c1-5-9-13-20(14-10-6-2)18-22-16-15-21-17-19(11-7-3)12-8-4/h17-18H,5-16H2,1-4H3. The quantitative estimate of drug-likeness (QED) is 0.245. The van der Waals surface area contributed by atoms with E-state index in [-0.39, 0.29) is 0 Å². The highest BCUT2D eigenvalue weighted by atomic mass is 16.5. The van der Waals surface area contributed by atoms with E-state index in [9.17, 15) is 0 Å². The van der Waals surface area contributed by atoms with Crippen LogP contribution in [0.5, 0.6) is 0 Å². The molecule has 2 nitrogen and oxygen atoms in total. The lowest BCUT2D eigenvalue weighted by molar-refractivity contribution is 0.146. The van der Waals surface area contributed by atoms with Gasteiger partial charge in [-0.15, -0.1) is 0 Å². The number of hydrogen-bond donors (Lipinski definition) is 0. The summed E-state index contributed by atoms with van der Waals surface area (Å²) in [7, 11) is 0. The van der Waals surface area contributed by atoms with Gasteiger partial charge in [0.25, 0.3) is 0 Å². The molecule has 0 saturated carbocycles. The summed E-state index contributed by atoms with van der Waals surface area (Å²) >= 11 is 0. The van der Waals surface area contributed by atoms with Crippen LogP contribution in [-0.4, -0.2) is 13.2 Å². The average Bonchev–Trinajstić information content (AvgIpc) is 2.52. The molecule has 0 bridgehead atoms. The van der Waals surface area contributed by atoms with E-state index in [1.165, 1.54) is 62.5 Å². The van der Waals surface area contributed by atoms with Crippen LogP contribution >= 0.6 is 0 Å². The molecule has 130 valence electrons. The normalized spacial score (nSPS) is 10.2. The maximum absolute atomic E-state index is 5.68. The molecule has 2 heteroatoms. The van der Waals surface area contributed by atoms with Crippen LogP contribution in [0.3, 0.4) is 0 Å². The van der Waals surface area contributed by atoms with Crippen LogP contribution in [0.15, 0.2) is 23.7 Å². The monoisotopic (exact) mass is 310 g/mol. The first-order valence-corrected chi connectivity index (χ1v) is 9.37. The van der Waals surface area contributed by atoms with Gasteiger partial charge >= 0.3 is 0 Å². The number of rotatable bonds is 15. The number of allylic oxidation sites excluding steroid dienone is 2. The molecule has 0 spiro atoms. The molecular weight excluding hydrogens is 272 g/mol. The maximum Gasteiger partial charge on any atom is 0.121 e. The molecule has 0 atom stereocenters. The molecule has 0 aromatic heterocycles. The Morgan fingerprint density at radius 2 is 1.00 bits per heavy atom.